The van der Waals surface area contributed by atoms with Crippen molar-refractivity contribution < 1.29 is 9.84 Å². The van der Waals surface area contributed by atoms with Crippen molar-refractivity contribution in [3.05, 3.63) is 29.8 Å². The molecule has 0 heterocycles. The van der Waals surface area contributed by atoms with Crippen molar-refractivity contribution in [3.8, 4) is 5.75 Å². The maximum absolute atomic E-state index is 9.46. The van der Waals surface area contributed by atoms with E-state index in [1.54, 1.807) is 12.1 Å². The van der Waals surface area contributed by atoms with Gasteiger partial charge in [0.2, 0.25) is 0 Å². The summed E-state index contributed by atoms with van der Waals surface area (Å²) in [5.74, 6) is 0.319. The lowest BCUT2D eigenvalue weighted by Crippen LogP contribution is -2.56. The molecule has 0 saturated heterocycles. The van der Waals surface area contributed by atoms with Crippen LogP contribution in [0.4, 0.5) is 0 Å². The number of benzene rings is 1. The highest BCUT2D eigenvalue weighted by molar-refractivity contribution is 5.26. The predicted molar refractivity (Wildman–Crippen MR) is 95.7 cm³/mol. The van der Waals surface area contributed by atoms with Gasteiger partial charge < -0.3 is 9.84 Å². The van der Waals surface area contributed by atoms with Crippen LogP contribution in [0.25, 0.3) is 0 Å². The van der Waals surface area contributed by atoms with Crippen molar-refractivity contribution >= 4 is 0 Å². The van der Waals surface area contributed by atoms with Crippen molar-refractivity contribution in [2.75, 3.05) is 13.1 Å². The van der Waals surface area contributed by atoms with Gasteiger partial charge in [-0.2, -0.15) is 0 Å². The Balaban J connectivity index is 2.14. The first-order valence-corrected chi connectivity index (χ1v) is 9.14. The fourth-order valence-electron chi connectivity index (χ4n) is 4.04. The molecular weight excluding hydrogens is 286 g/mol. The summed E-state index contributed by atoms with van der Waals surface area (Å²) in [6.45, 7) is 10.9. The van der Waals surface area contributed by atoms with Gasteiger partial charge in [-0.1, -0.05) is 32.4 Å². The van der Waals surface area contributed by atoms with Gasteiger partial charge in [-0.15, -0.1) is 0 Å². The average Bonchev–Trinajstić information content (AvgIpc) is 2.51. The minimum Gasteiger partial charge on any atom is -0.508 e. The second-order valence-electron chi connectivity index (χ2n) is 7.38. The smallest absolute Gasteiger partial charge is 0.122 e. The van der Waals surface area contributed by atoms with E-state index in [9.17, 15) is 5.11 Å². The van der Waals surface area contributed by atoms with Crippen LogP contribution in [0, 0.1) is 0 Å². The van der Waals surface area contributed by atoms with Crippen LogP contribution in [0.3, 0.4) is 0 Å². The van der Waals surface area contributed by atoms with Gasteiger partial charge in [0.1, 0.15) is 11.5 Å². The predicted octanol–water partition coefficient (Wildman–Crippen LogP) is 4.73. The molecule has 1 aliphatic rings. The lowest BCUT2D eigenvalue weighted by atomic mass is 9.88. The van der Waals surface area contributed by atoms with Crippen molar-refractivity contribution in [2.24, 2.45) is 0 Å². The third-order valence-electron chi connectivity index (χ3n) is 5.01. The largest absolute Gasteiger partial charge is 0.508 e. The molecule has 3 nitrogen and oxygen atoms in total. The van der Waals surface area contributed by atoms with E-state index in [0.29, 0.717) is 5.75 Å². The summed E-state index contributed by atoms with van der Waals surface area (Å²) in [5.41, 5.74) is 0.873. The van der Waals surface area contributed by atoms with Crippen molar-refractivity contribution in [1.82, 2.24) is 4.90 Å². The summed E-state index contributed by atoms with van der Waals surface area (Å²) in [4.78, 5) is 2.50. The van der Waals surface area contributed by atoms with Crippen LogP contribution in [0.5, 0.6) is 5.75 Å². The zero-order valence-corrected chi connectivity index (χ0v) is 15.3. The Morgan fingerprint density at radius 3 is 2.13 bits per heavy atom. The van der Waals surface area contributed by atoms with E-state index in [0.717, 1.165) is 32.4 Å². The first kappa shape index (κ1) is 18.3. The van der Waals surface area contributed by atoms with Crippen LogP contribution >= 0.6 is 0 Å². The standard InChI is InChI=1S/C20H33NO2/c1-5-21(6-2)20(14-8-7-9-15-20)23-19(3,4)16-17-10-12-18(22)13-11-17/h10-13,22H,5-9,14-16H2,1-4H3. The molecule has 0 atom stereocenters. The number of ether oxygens (including phenoxy) is 1. The minimum absolute atomic E-state index is 0.109. The average molecular weight is 319 g/mol. The molecule has 130 valence electrons. The van der Waals surface area contributed by atoms with Crippen LogP contribution in [0.15, 0.2) is 24.3 Å². The molecule has 1 aromatic carbocycles. The Bertz CT molecular complexity index is 471. The highest BCUT2D eigenvalue weighted by atomic mass is 16.5. The molecule has 0 bridgehead atoms. The number of hydrogen-bond acceptors (Lipinski definition) is 3. The first-order chi connectivity index (χ1) is 10.9. The molecule has 1 N–H and O–H groups in total. The molecule has 1 aromatic rings. The molecule has 0 amide bonds. The molecule has 3 heteroatoms. The first-order valence-electron chi connectivity index (χ1n) is 9.14. The summed E-state index contributed by atoms with van der Waals surface area (Å²) in [5, 5.41) is 9.46. The summed E-state index contributed by atoms with van der Waals surface area (Å²) in [6, 6.07) is 7.50. The molecule has 0 aliphatic heterocycles. The molecule has 23 heavy (non-hydrogen) atoms. The molecule has 2 rings (SSSR count). The molecule has 0 spiro atoms. The highest BCUT2D eigenvalue weighted by Crippen LogP contribution is 2.38. The number of nitrogens with zero attached hydrogens (tertiary/aromatic N) is 1. The normalized spacial score (nSPS) is 18.3. The van der Waals surface area contributed by atoms with Gasteiger partial charge >= 0.3 is 0 Å². The molecule has 0 unspecified atom stereocenters. The topological polar surface area (TPSA) is 32.7 Å². The second-order valence-corrected chi connectivity index (χ2v) is 7.38. The lowest BCUT2D eigenvalue weighted by molar-refractivity contribution is -0.230. The van der Waals surface area contributed by atoms with Crippen molar-refractivity contribution in [1.29, 1.82) is 0 Å². The minimum atomic E-state index is -0.225. The van der Waals surface area contributed by atoms with Crippen molar-refractivity contribution in [2.45, 2.75) is 77.5 Å². The monoisotopic (exact) mass is 319 g/mol. The summed E-state index contributed by atoms with van der Waals surface area (Å²) >= 11 is 0. The third kappa shape index (κ3) is 4.71. The fourth-order valence-corrected chi connectivity index (χ4v) is 4.04. The van der Waals surface area contributed by atoms with Gasteiger partial charge in [0.25, 0.3) is 0 Å². The maximum atomic E-state index is 9.46. The van der Waals surface area contributed by atoms with Gasteiger partial charge in [0.15, 0.2) is 0 Å². The van der Waals surface area contributed by atoms with E-state index >= 15 is 0 Å². The Kier molecular flexibility index (Phi) is 6.10. The molecule has 1 saturated carbocycles. The van der Waals surface area contributed by atoms with E-state index in [2.05, 4.69) is 32.6 Å². The van der Waals surface area contributed by atoms with Gasteiger partial charge in [-0.25, -0.2) is 0 Å². The van der Waals surface area contributed by atoms with Crippen LogP contribution in [0.2, 0.25) is 0 Å². The van der Waals surface area contributed by atoms with Crippen LogP contribution < -0.4 is 0 Å². The number of hydrogen-bond donors (Lipinski definition) is 1. The SMILES string of the molecule is CCN(CC)C1(OC(C)(C)Cc2ccc(O)cc2)CCCCC1. The van der Waals surface area contributed by atoms with Gasteiger partial charge in [-0.3, -0.25) is 4.90 Å². The number of phenolic OH excluding ortho intramolecular Hbond substituents is 1. The molecule has 0 aromatic heterocycles. The molecule has 1 aliphatic carbocycles. The van der Waals surface area contributed by atoms with E-state index < -0.39 is 0 Å². The van der Waals surface area contributed by atoms with Gasteiger partial charge in [-0.05, 0) is 70.3 Å². The van der Waals surface area contributed by atoms with E-state index in [4.69, 9.17) is 4.74 Å². The third-order valence-corrected chi connectivity index (χ3v) is 5.01. The highest BCUT2D eigenvalue weighted by Gasteiger charge is 2.41. The molecule has 0 radical (unpaired) electrons. The number of phenols is 1. The number of rotatable bonds is 7. The van der Waals surface area contributed by atoms with Crippen LogP contribution in [-0.4, -0.2) is 34.4 Å². The second kappa shape index (κ2) is 7.67. The van der Waals surface area contributed by atoms with E-state index in [-0.39, 0.29) is 11.3 Å². The van der Waals surface area contributed by atoms with Gasteiger partial charge in [0.05, 0.1) is 5.60 Å². The van der Waals surface area contributed by atoms with E-state index in [1.165, 1.54) is 24.8 Å². The van der Waals surface area contributed by atoms with Crippen LogP contribution in [-0.2, 0) is 11.2 Å². The Hall–Kier alpha value is -1.06. The summed E-state index contributed by atoms with van der Waals surface area (Å²) in [6.07, 6.45) is 6.96. The zero-order valence-electron chi connectivity index (χ0n) is 15.3. The quantitative estimate of drug-likeness (QED) is 0.737. The Morgan fingerprint density at radius 2 is 1.61 bits per heavy atom. The Labute approximate surface area is 141 Å². The van der Waals surface area contributed by atoms with Crippen LogP contribution in [0.1, 0.15) is 65.4 Å². The number of aromatic hydroxyl groups is 1. The fraction of sp³-hybridized carbons (Fsp3) is 0.700. The molecular formula is C20H33NO2. The molecule has 1 fully saturated rings. The maximum Gasteiger partial charge on any atom is 0.122 e. The van der Waals surface area contributed by atoms with Crippen molar-refractivity contribution in [3.63, 3.8) is 0 Å². The van der Waals surface area contributed by atoms with E-state index in [1.807, 2.05) is 12.1 Å². The van der Waals surface area contributed by atoms with Gasteiger partial charge in [0, 0.05) is 6.42 Å². The lowest BCUT2D eigenvalue weighted by Gasteiger charge is -2.49. The zero-order chi connectivity index (χ0) is 16.9. The Morgan fingerprint density at radius 1 is 1.04 bits per heavy atom. The summed E-state index contributed by atoms with van der Waals surface area (Å²) in [7, 11) is 0. The summed E-state index contributed by atoms with van der Waals surface area (Å²) < 4.78 is 6.81.